The van der Waals surface area contributed by atoms with Gasteiger partial charge in [-0.3, -0.25) is 0 Å². The molecule has 0 saturated carbocycles. The first kappa shape index (κ1) is 8.87. The lowest BCUT2D eigenvalue weighted by Crippen LogP contribution is -1.91. The Morgan fingerprint density at radius 3 is 2.36 bits per heavy atom. The molecule has 1 N–H and O–H groups in total. The van der Waals surface area contributed by atoms with Crippen molar-refractivity contribution < 1.29 is 18.3 Å². The fraction of sp³-hybridized carbons (Fsp3) is 0. The van der Waals surface area contributed by atoms with Crippen LogP contribution in [0.2, 0.25) is 0 Å². The monoisotopic (exact) mass is 198 g/mol. The summed E-state index contributed by atoms with van der Waals surface area (Å²) in [4.78, 5) is 0. The van der Waals surface area contributed by atoms with Crippen molar-refractivity contribution in [2.45, 2.75) is 0 Å². The standard InChI is InChI=1S/C10H5F3O/c11-8-3-5-1-2-6(14)4-7(5)9(12)10(8)13/h1-4,14H. The molecule has 0 fully saturated rings. The van der Waals surface area contributed by atoms with Crippen LogP contribution in [0.1, 0.15) is 0 Å². The van der Waals surface area contributed by atoms with E-state index < -0.39 is 17.5 Å². The Morgan fingerprint density at radius 2 is 1.64 bits per heavy atom. The number of phenols is 1. The van der Waals surface area contributed by atoms with Crippen LogP contribution in [0.4, 0.5) is 13.2 Å². The summed E-state index contributed by atoms with van der Waals surface area (Å²) in [6, 6.07) is 4.52. The molecule has 2 rings (SSSR count). The van der Waals surface area contributed by atoms with Crippen LogP contribution in [0.15, 0.2) is 24.3 Å². The van der Waals surface area contributed by atoms with Gasteiger partial charge >= 0.3 is 0 Å². The van der Waals surface area contributed by atoms with Gasteiger partial charge in [0.2, 0.25) is 0 Å². The molecule has 0 radical (unpaired) electrons. The van der Waals surface area contributed by atoms with E-state index >= 15 is 0 Å². The van der Waals surface area contributed by atoms with E-state index in [0.717, 1.165) is 12.1 Å². The summed E-state index contributed by atoms with van der Waals surface area (Å²) in [7, 11) is 0. The summed E-state index contributed by atoms with van der Waals surface area (Å²) in [5.74, 6) is -4.23. The number of hydrogen-bond donors (Lipinski definition) is 1. The summed E-state index contributed by atoms with van der Waals surface area (Å²) < 4.78 is 38.6. The molecule has 2 aromatic carbocycles. The first-order valence-electron chi connectivity index (χ1n) is 3.86. The molecular weight excluding hydrogens is 193 g/mol. The topological polar surface area (TPSA) is 20.2 Å². The average Bonchev–Trinajstić information content (AvgIpc) is 2.16. The van der Waals surface area contributed by atoms with Crippen LogP contribution in [0.3, 0.4) is 0 Å². The minimum absolute atomic E-state index is 0.135. The number of benzene rings is 2. The Kier molecular flexibility index (Phi) is 1.84. The van der Waals surface area contributed by atoms with Gasteiger partial charge in [0.1, 0.15) is 5.75 Å². The first-order chi connectivity index (χ1) is 6.59. The quantitative estimate of drug-likeness (QED) is 0.645. The maximum atomic E-state index is 13.1. The number of rotatable bonds is 0. The van der Waals surface area contributed by atoms with Gasteiger partial charge in [-0.25, -0.2) is 13.2 Å². The third kappa shape index (κ3) is 1.19. The number of halogens is 3. The molecule has 2 aromatic rings. The molecule has 0 heterocycles. The number of phenolic OH excluding ortho intramolecular Hbond substituents is 1. The predicted molar refractivity (Wildman–Crippen MR) is 45.5 cm³/mol. The summed E-state index contributed by atoms with van der Waals surface area (Å²) in [5.41, 5.74) is 0. The van der Waals surface area contributed by atoms with Gasteiger partial charge in [-0.2, -0.15) is 0 Å². The fourth-order valence-corrected chi connectivity index (χ4v) is 1.28. The molecule has 0 atom stereocenters. The highest BCUT2D eigenvalue weighted by Crippen LogP contribution is 2.25. The van der Waals surface area contributed by atoms with E-state index in [1.54, 1.807) is 0 Å². The molecule has 0 bridgehead atoms. The molecule has 0 aliphatic carbocycles. The minimum atomic E-state index is -1.52. The van der Waals surface area contributed by atoms with Crippen molar-refractivity contribution in [1.82, 2.24) is 0 Å². The van der Waals surface area contributed by atoms with E-state index in [1.807, 2.05) is 0 Å². The molecule has 1 nitrogen and oxygen atoms in total. The number of hydrogen-bond acceptors (Lipinski definition) is 1. The molecular formula is C10H5F3O. The van der Waals surface area contributed by atoms with Crippen LogP contribution in [-0.4, -0.2) is 5.11 Å². The Bertz CT molecular complexity index is 508. The van der Waals surface area contributed by atoms with E-state index in [1.165, 1.54) is 12.1 Å². The van der Waals surface area contributed by atoms with E-state index in [4.69, 9.17) is 5.11 Å². The maximum absolute atomic E-state index is 13.1. The highest BCUT2D eigenvalue weighted by atomic mass is 19.2. The molecule has 4 heteroatoms. The van der Waals surface area contributed by atoms with E-state index in [2.05, 4.69) is 0 Å². The second kappa shape index (κ2) is 2.90. The van der Waals surface area contributed by atoms with Gasteiger partial charge in [0.15, 0.2) is 17.5 Å². The Labute approximate surface area is 77.4 Å². The second-order valence-corrected chi connectivity index (χ2v) is 2.89. The minimum Gasteiger partial charge on any atom is -0.508 e. The fourth-order valence-electron chi connectivity index (χ4n) is 1.28. The smallest absolute Gasteiger partial charge is 0.195 e. The normalized spacial score (nSPS) is 10.8. The van der Waals surface area contributed by atoms with Gasteiger partial charge < -0.3 is 5.11 Å². The van der Waals surface area contributed by atoms with Crippen molar-refractivity contribution in [2.75, 3.05) is 0 Å². The molecule has 72 valence electrons. The van der Waals surface area contributed by atoms with Gasteiger partial charge in [-0.05, 0) is 23.6 Å². The zero-order chi connectivity index (χ0) is 10.3. The van der Waals surface area contributed by atoms with Gasteiger partial charge in [0.25, 0.3) is 0 Å². The lowest BCUT2D eigenvalue weighted by molar-refractivity contribution is 0.452. The van der Waals surface area contributed by atoms with Crippen molar-refractivity contribution in [3.63, 3.8) is 0 Å². The Morgan fingerprint density at radius 1 is 0.929 bits per heavy atom. The predicted octanol–water partition coefficient (Wildman–Crippen LogP) is 2.96. The van der Waals surface area contributed by atoms with Gasteiger partial charge in [-0.15, -0.1) is 0 Å². The largest absolute Gasteiger partial charge is 0.508 e. The van der Waals surface area contributed by atoms with Crippen molar-refractivity contribution in [3.8, 4) is 5.75 Å². The van der Waals surface area contributed by atoms with E-state index in [-0.39, 0.29) is 16.5 Å². The van der Waals surface area contributed by atoms with Crippen LogP contribution in [0.25, 0.3) is 10.8 Å². The van der Waals surface area contributed by atoms with E-state index in [9.17, 15) is 13.2 Å². The molecule has 0 amide bonds. The average molecular weight is 198 g/mol. The van der Waals surface area contributed by atoms with E-state index in [0.29, 0.717) is 0 Å². The Balaban J connectivity index is 2.92. The van der Waals surface area contributed by atoms with Crippen LogP contribution in [0.5, 0.6) is 5.75 Å². The van der Waals surface area contributed by atoms with Gasteiger partial charge in [0, 0.05) is 5.39 Å². The molecule has 0 aliphatic heterocycles. The van der Waals surface area contributed by atoms with Crippen molar-refractivity contribution >= 4 is 10.8 Å². The zero-order valence-corrected chi connectivity index (χ0v) is 6.89. The van der Waals surface area contributed by atoms with Gasteiger partial charge in [0.05, 0.1) is 0 Å². The summed E-state index contributed by atoms with van der Waals surface area (Å²) >= 11 is 0. The lowest BCUT2D eigenvalue weighted by Gasteiger charge is -2.02. The highest BCUT2D eigenvalue weighted by Gasteiger charge is 2.13. The molecule has 0 unspecified atom stereocenters. The zero-order valence-electron chi connectivity index (χ0n) is 6.89. The third-order valence-corrected chi connectivity index (χ3v) is 1.96. The van der Waals surface area contributed by atoms with Crippen LogP contribution in [-0.2, 0) is 0 Å². The lowest BCUT2D eigenvalue weighted by atomic mass is 10.1. The second-order valence-electron chi connectivity index (χ2n) is 2.89. The maximum Gasteiger partial charge on any atom is 0.195 e. The molecule has 0 spiro atoms. The summed E-state index contributed by atoms with van der Waals surface area (Å²) in [6.45, 7) is 0. The van der Waals surface area contributed by atoms with Crippen LogP contribution >= 0.6 is 0 Å². The van der Waals surface area contributed by atoms with Crippen LogP contribution in [0, 0.1) is 17.5 Å². The van der Waals surface area contributed by atoms with Crippen molar-refractivity contribution in [3.05, 3.63) is 41.7 Å². The Hall–Kier alpha value is -1.71. The summed E-state index contributed by atoms with van der Waals surface area (Å²) in [6.07, 6.45) is 0. The molecule has 14 heavy (non-hydrogen) atoms. The van der Waals surface area contributed by atoms with Crippen molar-refractivity contribution in [2.24, 2.45) is 0 Å². The van der Waals surface area contributed by atoms with Crippen LogP contribution < -0.4 is 0 Å². The third-order valence-electron chi connectivity index (χ3n) is 1.96. The summed E-state index contributed by atoms with van der Waals surface area (Å²) in [5, 5.41) is 9.10. The number of aromatic hydroxyl groups is 1. The highest BCUT2D eigenvalue weighted by molar-refractivity contribution is 5.84. The molecule has 0 aromatic heterocycles. The van der Waals surface area contributed by atoms with Gasteiger partial charge in [-0.1, -0.05) is 6.07 Å². The molecule has 0 aliphatic rings. The first-order valence-corrected chi connectivity index (χ1v) is 3.86. The van der Waals surface area contributed by atoms with Crippen molar-refractivity contribution in [1.29, 1.82) is 0 Å². The number of fused-ring (bicyclic) bond motifs is 1. The SMILES string of the molecule is Oc1ccc2cc(F)c(F)c(F)c2c1. The molecule has 0 saturated heterocycles.